The highest BCUT2D eigenvalue weighted by Crippen LogP contribution is 2.29. The smallest absolute Gasteiger partial charge is 0.406 e. The van der Waals surface area contributed by atoms with Crippen LogP contribution in [0.2, 0.25) is 0 Å². The molecule has 0 saturated heterocycles. The molecule has 2 heterocycles. The topological polar surface area (TPSA) is 42.4 Å². The molecule has 1 amide bonds. The van der Waals surface area contributed by atoms with Gasteiger partial charge in [0.15, 0.2) is 0 Å². The lowest BCUT2D eigenvalue weighted by Gasteiger charge is -2.16. The van der Waals surface area contributed by atoms with E-state index in [4.69, 9.17) is 0 Å². The highest BCUT2D eigenvalue weighted by Gasteiger charge is 2.31. The monoisotopic (exact) mass is 422 g/mol. The number of rotatable bonds is 3. The largest absolute Gasteiger partial charge is 0.573 e. The molecule has 156 valence electrons. The molecule has 4 nitrogen and oxygen atoms in total. The van der Waals surface area contributed by atoms with E-state index in [1.54, 1.807) is 17.3 Å². The molecule has 0 atom stereocenters. The van der Waals surface area contributed by atoms with Crippen molar-refractivity contribution in [1.82, 2.24) is 9.88 Å². The van der Waals surface area contributed by atoms with Gasteiger partial charge in [0, 0.05) is 42.2 Å². The maximum absolute atomic E-state index is 12.9. The molecule has 31 heavy (non-hydrogen) atoms. The van der Waals surface area contributed by atoms with Crippen LogP contribution in [-0.2, 0) is 13.1 Å². The molecule has 4 rings (SSSR count). The fourth-order valence-corrected chi connectivity index (χ4v) is 3.52. The van der Waals surface area contributed by atoms with Gasteiger partial charge in [0.2, 0.25) is 0 Å². The number of alkyl halides is 3. The Kier molecular flexibility index (Phi) is 5.38. The lowest BCUT2D eigenvalue weighted by molar-refractivity contribution is -0.274. The van der Waals surface area contributed by atoms with Crippen molar-refractivity contribution >= 4 is 5.91 Å². The van der Waals surface area contributed by atoms with Gasteiger partial charge in [-0.3, -0.25) is 9.78 Å². The van der Waals surface area contributed by atoms with Crippen LogP contribution in [0.4, 0.5) is 13.2 Å². The highest BCUT2D eigenvalue weighted by molar-refractivity contribution is 6.00. The Labute approximate surface area is 177 Å². The van der Waals surface area contributed by atoms with E-state index in [-0.39, 0.29) is 18.2 Å². The fraction of sp³-hybridized carbons (Fsp3) is 0.167. The van der Waals surface area contributed by atoms with Crippen LogP contribution in [-0.4, -0.2) is 22.2 Å². The van der Waals surface area contributed by atoms with Crippen molar-refractivity contribution in [2.75, 3.05) is 0 Å². The number of ether oxygens (including phenoxy) is 1. The van der Waals surface area contributed by atoms with Crippen LogP contribution in [0.25, 0.3) is 0 Å². The van der Waals surface area contributed by atoms with Crippen molar-refractivity contribution in [3.63, 3.8) is 0 Å². The number of hydrogen-bond donors (Lipinski definition) is 0. The minimum Gasteiger partial charge on any atom is -0.406 e. The number of carbonyl (C=O) groups is 1. The van der Waals surface area contributed by atoms with Crippen molar-refractivity contribution in [1.29, 1.82) is 0 Å². The van der Waals surface area contributed by atoms with E-state index in [9.17, 15) is 18.0 Å². The van der Waals surface area contributed by atoms with Crippen molar-refractivity contribution in [2.45, 2.75) is 26.4 Å². The third-order valence-electron chi connectivity index (χ3n) is 4.84. The molecular weight excluding hydrogens is 405 g/mol. The van der Waals surface area contributed by atoms with E-state index in [0.29, 0.717) is 17.7 Å². The summed E-state index contributed by atoms with van der Waals surface area (Å²) < 4.78 is 40.8. The zero-order chi connectivity index (χ0) is 22.0. The number of pyridine rings is 1. The molecule has 1 aromatic heterocycles. The molecule has 0 fully saturated rings. The van der Waals surface area contributed by atoms with E-state index >= 15 is 0 Å². The number of halogens is 3. The van der Waals surface area contributed by atoms with E-state index in [1.807, 2.05) is 31.2 Å². The Morgan fingerprint density at radius 1 is 1.03 bits per heavy atom. The van der Waals surface area contributed by atoms with Crippen molar-refractivity contribution in [3.8, 4) is 17.6 Å². The predicted molar refractivity (Wildman–Crippen MR) is 108 cm³/mol. The number of benzene rings is 2. The summed E-state index contributed by atoms with van der Waals surface area (Å²) in [5.41, 5.74) is 4.77. The lowest BCUT2D eigenvalue weighted by Crippen LogP contribution is -2.23. The molecule has 0 unspecified atom stereocenters. The summed E-state index contributed by atoms with van der Waals surface area (Å²) in [6.45, 7) is 2.58. The van der Waals surface area contributed by atoms with Crippen molar-refractivity contribution < 1.29 is 22.7 Å². The molecule has 0 N–H and O–H groups in total. The Bertz CT molecular complexity index is 1180. The highest BCUT2D eigenvalue weighted by atomic mass is 19.4. The second-order valence-corrected chi connectivity index (χ2v) is 7.17. The Hall–Kier alpha value is -3.79. The number of aryl methyl sites for hydroxylation is 1. The third kappa shape index (κ3) is 4.86. The second kappa shape index (κ2) is 8.15. The minimum atomic E-state index is -4.73. The first-order valence-corrected chi connectivity index (χ1v) is 9.48. The van der Waals surface area contributed by atoms with E-state index < -0.39 is 6.36 Å². The quantitative estimate of drug-likeness (QED) is 0.567. The number of amides is 1. The van der Waals surface area contributed by atoms with Crippen LogP contribution in [0, 0.1) is 18.8 Å². The first kappa shape index (κ1) is 20.5. The van der Waals surface area contributed by atoms with Gasteiger partial charge in [-0.2, -0.15) is 0 Å². The SMILES string of the molecule is Cc1cc(C#Cc2ccncc2)cc2c1C(=O)N(Cc1ccc(OC(F)(F)F)cc1)C2. The minimum absolute atomic E-state index is 0.100. The maximum atomic E-state index is 12.9. The van der Waals surface area contributed by atoms with Gasteiger partial charge in [0.25, 0.3) is 5.91 Å². The van der Waals surface area contributed by atoms with E-state index in [1.165, 1.54) is 24.3 Å². The molecule has 0 saturated carbocycles. The third-order valence-corrected chi connectivity index (χ3v) is 4.84. The van der Waals surface area contributed by atoms with Gasteiger partial charge in [0.1, 0.15) is 5.75 Å². The summed E-state index contributed by atoms with van der Waals surface area (Å²) >= 11 is 0. The summed E-state index contributed by atoms with van der Waals surface area (Å²) in [7, 11) is 0. The van der Waals surface area contributed by atoms with Crippen LogP contribution < -0.4 is 4.74 Å². The molecule has 3 aromatic rings. The first-order valence-electron chi connectivity index (χ1n) is 9.48. The van der Waals surface area contributed by atoms with Crippen LogP contribution in [0.1, 0.15) is 38.2 Å². The second-order valence-electron chi connectivity index (χ2n) is 7.17. The van der Waals surface area contributed by atoms with Crippen molar-refractivity contribution in [3.05, 3.63) is 94.3 Å². The molecule has 0 bridgehead atoms. The number of hydrogen-bond acceptors (Lipinski definition) is 3. The van der Waals surface area contributed by atoms with Gasteiger partial charge in [0.05, 0.1) is 0 Å². The van der Waals surface area contributed by atoms with Crippen LogP contribution in [0.15, 0.2) is 60.9 Å². The molecule has 1 aliphatic rings. The lowest BCUT2D eigenvalue weighted by atomic mass is 10.0. The van der Waals surface area contributed by atoms with E-state index in [0.717, 1.165) is 22.3 Å². The molecule has 0 spiro atoms. The molecule has 2 aromatic carbocycles. The van der Waals surface area contributed by atoms with Gasteiger partial charge in [-0.05, 0) is 60.0 Å². The van der Waals surface area contributed by atoms with Crippen LogP contribution in [0.5, 0.6) is 5.75 Å². The van der Waals surface area contributed by atoms with E-state index in [2.05, 4.69) is 21.6 Å². The van der Waals surface area contributed by atoms with Crippen molar-refractivity contribution in [2.24, 2.45) is 0 Å². The van der Waals surface area contributed by atoms with Gasteiger partial charge in [-0.25, -0.2) is 0 Å². The number of fused-ring (bicyclic) bond motifs is 1. The normalized spacial score (nSPS) is 12.9. The Morgan fingerprint density at radius 3 is 2.39 bits per heavy atom. The van der Waals surface area contributed by atoms with Gasteiger partial charge < -0.3 is 9.64 Å². The number of carbonyl (C=O) groups excluding carboxylic acids is 1. The maximum Gasteiger partial charge on any atom is 0.573 e. The molecule has 0 radical (unpaired) electrons. The number of nitrogens with zero attached hydrogens (tertiary/aromatic N) is 2. The Morgan fingerprint density at radius 2 is 1.71 bits per heavy atom. The standard InChI is InChI=1S/C24H17F3N2O2/c1-16-12-19(3-2-17-8-10-28-11-9-17)13-20-15-29(23(30)22(16)20)14-18-4-6-21(7-5-18)31-24(25,26)27/h4-13H,14-15H2,1H3. The average molecular weight is 422 g/mol. The predicted octanol–water partition coefficient (Wildman–Crippen LogP) is 4.84. The van der Waals surface area contributed by atoms with Gasteiger partial charge >= 0.3 is 6.36 Å². The zero-order valence-electron chi connectivity index (χ0n) is 16.5. The fourth-order valence-electron chi connectivity index (χ4n) is 3.52. The Balaban J connectivity index is 1.50. The molecule has 0 aliphatic carbocycles. The van der Waals surface area contributed by atoms with Gasteiger partial charge in [-0.1, -0.05) is 24.0 Å². The first-order chi connectivity index (χ1) is 14.8. The summed E-state index contributed by atoms with van der Waals surface area (Å²) in [4.78, 5) is 18.5. The molecular formula is C24H17F3N2O2. The summed E-state index contributed by atoms with van der Waals surface area (Å²) in [5, 5.41) is 0. The summed E-state index contributed by atoms with van der Waals surface area (Å²) in [6.07, 6.45) is -1.38. The zero-order valence-corrected chi connectivity index (χ0v) is 16.5. The summed E-state index contributed by atoms with van der Waals surface area (Å²) in [6, 6.07) is 13.0. The summed E-state index contributed by atoms with van der Waals surface area (Å²) in [5.74, 6) is 5.81. The van der Waals surface area contributed by atoms with Crippen LogP contribution >= 0.6 is 0 Å². The molecule has 1 aliphatic heterocycles. The molecule has 7 heteroatoms. The number of aromatic nitrogens is 1. The average Bonchev–Trinajstić information content (AvgIpc) is 3.03. The van der Waals surface area contributed by atoms with Crippen LogP contribution in [0.3, 0.4) is 0 Å². The van der Waals surface area contributed by atoms with Gasteiger partial charge in [-0.15, -0.1) is 13.2 Å².